The van der Waals surface area contributed by atoms with Crippen molar-refractivity contribution >= 4 is 17.0 Å². The maximum atomic E-state index is 12.4. The lowest BCUT2D eigenvalue weighted by molar-refractivity contribution is -0.145. The van der Waals surface area contributed by atoms with E-state index in [2.05, 4.69) is 4.98 Å². The van der Waals surface area contributed by atoms with Crippen LogP contribution in [0.2, 0.25) is 0 Å². The lowest BCUT2D eigenvalue weighted by Crippen LogP contribution is -2.26. The van der Waals surface area contributed by atoms with E-state index in [-0.39, 0.29) is 18.8 Å². The first-order valence-electron chi connectivity index (χ1n) is 9.53. The zero-order valence-electron chi connectivity index (χ0n) is 16.5. The molecule has 0 aliphatic carbocycles. The van der Waals surface area contributed by atoms with Crippen LogP contribution in [-0.2, 0) is 36.3 Å². The van der Waals surface area contributed by atoms with Crippen molar-refractivity contribution in [3.8, 4) is 5.75 Å². The van der Waals surface area contributed by atoms with Gasteiger partial charge in [0, 0.05) is 13.2 Å². The number of para-hydroxylation sites is 2. The van der Waals surface area contributed by atoms with Gasteiger partial charge in [0.1, 0.15) is 25.5 Å². The van der Waals surface area contributed by atoms with Crippen LogP contribution in [0.5, 0.6) is 5.75 Å². The van der Waals surface area contributed by atoms with Gasteiger partial charge in [0.25, 0.3) is 0 Å². The fourth-order valence-electron chi connectivity index (χ4n) is 3.18. The molecule has 0 fully saturated rings. The third kappa shape index (κ3) is 4.25. The first-order chi connectivity index (χ1) is 14.6. The molecule has 0 bridgehead atoms. The zero-order chi connectivity index (χ0) is 20.9. The Balaban J connectivity index is 1.33. The first kappa shape index (κ1) is 19.4. The average Bonchev–Trinajstić information content (AvgIpc) is 3.03. The number of fused-ring (bicyclic) bond motifs is 1. The van der Waals surface area contributed by atoms with Crippen LogP contribution in [0, 0.1) is 0 Å². The molecule has 2 heterocycles. The second kappa shape index (κ2) is 8.65. The fourth-order valence-corrected chi connectivity index (χ4v) is 3.18. The molecule has 7 heteroatoms. The highest BCUT2D eigenvalue weighted by atomic mass is 16.5. The predicted molar refractivity (Wildman–Crippen MR) is 112 cm³/mol. The number of ether oxygens (including phenoxy) is 2. The molecule has 0 radical (unpaired) electrons. The van der Waals surface area contributed by atoms with Gasteiger partial charge in [0.15, 0.2) is 0 Å². The Morgan fingerprint density at radius 1 is 0.933 bits per heavy atom. The summed E-state index contributed by atoms with van der Waals surface area (Å²) < 4.78 is 14.0. The van der Waals surface area contributed by atoms with Gasteiger partial charge >= 0.3 is 11.7 Å². The molecule has 4 rings (SSSR count). The predicted octanol–water partition coefficient (Wildman–Crippen LogP) is 3.06. The number of nitrogens with zero attached hydrogens (tertiary/aromatic N) is 3. The lowest BCUT2D eigenvalue weighted by Gasteiger charge is -2.08. The minimum Gasteiger partial charge on any atom is -0.487 e. The van der Waals surface area contributed by atoms with E-state index in [1.165, 1.54) is 9.13 Å². The van der Waals surface area contributed by atoms with E-state index in [9.17, 15) is 9.59 Å². The fraction of sp³-hybridized carbons (Fsp3) is 0.174. The number of pyridine rings is 1. The van der Waals surface area contributed by atoms with Crippen molar-refractivity contribution in [1.82, 2.24) is 14.1 Å². The monoisotopic (exact) mass is 403 g/mol. The van der Waals surface area contributed by atoms with Gasteiger partial charge in [-0.25, -0.2) is 4.79 Å². The highest BCUT2D eigenvalue weighted by molar-refractivity contribution is 5.78. The molecule has 0 spiro atoms. The summed E-state index contributed by atoms with van der Waals surface area (Å²) in [4.78, 5) is 28.9. The second-order valence-electron chi connectivity index (χ2n) is 6.83. The molecule has 0 N–H and O–H groups in total. The van der Waals surface area contributed by atoms with Crippen LogP contribution in [-0.4, -0.2) is 20.1 Å². The number of aryl methyl sites for hydroxylation is 1. The molecule has 2 aromatic carbocycles. The minimum atomic E-state index is -0.469. The van der Waals surface area contributed by atoms with Gasteiger partial charge in [-0.15, -0.1) is 0 Å². The number of esters is 1. The minimum absolute atomic E-state index is 0.124. The Morgan fingerprint density at radius 2 is 1.67 bits per heavy atom. The van der Waals surface area contributed by atoms with E-state index in [1.807, 2.05) is 66.7 Å². The van der Waals surface area contributed by atoms with Gasteiger partial charge in [0.05, 0.1) is 16.7 Å². The summed E-state index contributed by atoms with van der Waals surface area (Å²) in [6.45, 7) is 0.374. The van der Waals surface area contributed by atoms with Crippen LogP contribution in [0.3, 0.4) is 0 Å². The first-order valence-corrected chi connectivity index (χ1v) is 9.53. The Hall–Kier alpha value is -3.87. The van der Waals surface area contributed by atoms with E-state index < -0.39 is 5.97 Å². The molecule has 0 atom stereocenters. The summed E-state index contributed by atoms with van der Waals surface area (Å²) in [7, 11) is 1.68. The maximum Gasteiger partial charge on any atom is 0.329 e. The average molecular weight is 403 g/mol. The van der Waals surface area contributed by atoms with Crippen LogP contribution in [0.15, 0.2) is 77.7 Å². The maximum absolute atomic E-state index is 12.4. The molecule has 0 aliphatic heterocycles. The summed E-state index contributed by atoms with van der Waals surface area (Å²) in [5.41, 5.74) is 2.91. The van der Waals surface area contributed by atoms with Crippen LogP contribution < -0.4 is 10.4 Å². The van der Waals surface area contributed by atoms with Crippen LogP contribution >= 0.6 is 0 Å². The molecule has 7 nitrogen and oxygen atoms in total. The van der Waals surface area contributed by atoms with Crippen molar-refractivity contribution in [3.63, 3.8) is 0 Å². The number of hydrogen-bond donors (Lipinski definition) is 0. The molecule has 4 aromatic rings. The summed E-state index contributed by atoms with van der Waals surface area (Å²) in [6, 6.07) is 20.3. The molecule has 2 aromatic heterocycles. The van der Waals surface area contributed by atoms with Gasteiger partial charge in [0.2, 0.25) is 0 Å². The van der Waals surface area contributed by atoms with Crippen molar-refractivity contribution in [2.45, 2.75) is 19.8 Å². The Kier molecular flexibility index (Phi) is 5.61. The standard InChI is InChI=1S/C23H21N3O4/c1-25-20-7-2-3-8-21(20)26(23(25)28)14-22(27)30-15-17-9-11-19(12-10-17)29-16-18-6-4-5-13-24-18/h2-13H,14-16H2,1H3. The number of aromatic nitrogens is 3. The van der Waals surface area contributed by atoms with Crippen LogP contribution in [0.25, 0.3) is 11.0 Å². The van der Waals surface area contributed by atoms with Crippen molar-refractivity contribution in [3.05, 3.63) is 94.7 Å². The highest BCUT2D eigenvalue weighted by Crippen LogP contribution is 2.15. The van der Waals surface area contributed by atoms with Gasteiger partial charge in [-0.3, -0.25) is 18.9 Å². The number of carbonyl (C=O) groups is 1. The molecular formula is C23H21N3O4. The topological polar surface area (TPSA) is 75.4 Å². The normalized spacial score (nSPS) is 10.8. The molecule has 0 saturated heterocycles. The van der Waals surface area contributed by atoms with Crippen molar-refractivity contribution < 1.29 is 14.3 Å². The number of carbonyl (C=O) groups excluding carboxylic acids is 1. The second-order valence-corrected chi connectivity index (χ2v) is 6.83. The highest BCUT2D eigenvalue weighted by Gasteiger charge is 2.14. The van der Waals surface area contributed by atoms with E-state index in [0.29, 0.717) is 17.9 Å². The van der Waals surface area contributed by atoms with Crippen LogP contribution in [0.1, 0.15) is 11.3 Å². The molecule has 0 amide bonds. The number of hydrogen-bond acceptors (Lipinski definition) is 5. The zero-order valence-corrected chi connectivity index (χ0v) is 16.5. The molecule has 152 valence electrons. The van der Waals surface area contributed by atoms with E-state index in [1.54, 1.807) is 13.2 Å². The SMILES string of the molecule is Cn1c(=O)n(CC(=O)OCc2ccc(OCc3ccccn3)cc2)c2ccccc21. The van der Waals surface area contributed by atoms with Gasteiger partial charge in [-0.2, -0.15) is 0 Å². The largest absolute Gasteiger partial charge is 0.487 e. The quantitative estimate of drug-likeness (QED) is 0.444. The van der Waals surface area contributed by atoms with Crippen LogP contribution in [0.4, 0.5) is 0 Å². The molecule has 0 saturated carbocycles. The van der Waals surface area contributed by atoms with E-state index in [4.69, 9.17) is 9.47 Å². The van der Waals surface area contributed by atoms with Gasteiger partial charge < -0.3 is 9.47 Å². The summed E-state index contributed by atoms with van der Waals surface area (Å²) in [5.74, 6) is 0.238. The summed E-state index contributed by atoms with van der Waals surface area (Å²) in [5, 5.41) is 0. The number of rotatable bonds is 7. The smallest absolute Gasteiger partial charge is 0.329 e. The summed E-state index contributed by atoms with van der Waals surface area (Å²) in [6.07, 6.45) is 1.72. The molecule has 0 unspecified atom stereocenters. The molecule has 0 aliphatic rings. The number of benzene rings is 2. The van der Waals surface area contributed by atoms with E-state index in [0.717, 1.165) is 16.8 Å². The Labute approximate surface area is 173 Å². The summed E-state index contributed by atoms with van der Waals surface area (Å²) >= 11 is 0. The van der Waals surface area contributed by atoms with Gasteiger partial charge in [-0.1, -0.05) is 30.3 Å². The lowest BCUT2D eigenvalue weighted by atomic mass is 10.2. The van der Waals surface area contributed by atoms with Crippen molar-refractivity contribution in [1.29, 1.82) is 0 Å². The van der Waals surface area contributed by atoms with Crippen molar-refractivity contribution in [2.24, 2.45) is 7.05 Å². The van der Waals surface area contributed by atoms with E-state index >= 15 is 0 Å². The Bertz CT molecular complexity index is 1210. The third-order valence-corrected chi connectivity index (χ3v) is 4.77. The van der Waals surface area contributed by atoms with Gasteiger partial charge in [-0.05, 0) is 42.0 Å². The number of imidazole rings is 1. The Morgan fingerprint density at radius 3 is 2.40 bits per heavy atom. The molecular weight excluding hydrogens is 382 g/mol. The third-order valence-electron chi connectivity index (χ3n) is 4.77. The molecule has 30 heavy (non-hydrogen) atoms. The van der Waals surface area contributed by atoms with Crippen molar-refractivity contribution in [2.75, 3.05) is 0 Å².